The van der Waals surface area contributed by atoms with E-state index in [9.17, 15) is 4.79 Å². The largest absolute Gasteiger partial charge is 0.399 e. The smallest absolute Gasteiger partial charge is 0.324 e. The van der Waals surface area contributed by atoms with Crippen molar-refractivity contribution < 1.29 is 4.79 Å². The van der Waals surface area contributed by atoms with Gasteiger partial charge in [-0.25, -0.2) is 4.79 Å². The number of carbonyl (C=O) groups is 1. The zero-order chi connectivity index (χ0) is 11.7. The number of hydrogen-bond donors (Lipinski definition) is 1. The fourth-order valence-electron chi connectivity index (χ4n) is 1.94. The molecule has 0 aliphatic carbocycles. The van der Waals surface area contributed by atoms with Crippen molar-refractivity contribution in [2.45, 2.75) is 13.3 Å². The first-order valence-corrected chi connectivity index (χ1v) is 5.54. The highest BCUT2D eigenvalue weighted by atomic mass is 16.2. The van der Waals surface area contributed by atoms with Crippen LogP contribution in [0.25, 0.3) is 0 Å². The summed E-state index contributed by atoms with van der Waals surface area (Å²) in [6.07, 6.45) is 0.916. The number of carbonyl (C=O) groups excluding carboxylic acids is 1. The molecular weight excluding hydrogens is 202 g/mol. The second-order valence-corrected chi connectivity index (χ2v) is 4.09. The topological polar surface area (TPSA) is 49.6 Å². The van der Waals surface area contributed by atoms with Gasteiger partial charge < -0.3 is 10.6 Å². The minimum absolute atomic E-state index is 0.0480. The Morgan fingerprint density at radius 3 is 3.00 bits per heavy atom. The minimum Gasteiger partial charge on any atom is -0.399 e. The van der Waals surface area contributed by atoms with E-state index in [0.717, 1.165) is 18.7 Å². The number of anilines is 2. The van der Waals surface area contributed by atoms with Gasteiger partial charge in [0.15, 0.2) is 0 Å². The van der Waals surface area contributed by atoms with Gasteiger partial charge in [0.05, 0.1) is 5.69 Å². The molecule has 0 fully saturated rings. The molecule has 4 nitrogen and oxygen atoms in total. The molecule has 2 amide bonds. The molecule has 1 heterocycles. The van der Waals surface area contributed by atoms with E-state index in [0.29, 0.717) is 12.2 Å². The summed E-state index contributed by atoms with van der Waals surface area (Å²) >= 11 is 0. The lowest BCUT2D eigenvalue weighted by atomic mass is 10.1. The Morgan fingerprint density at radius 1 is 1.56 bits per heavy atom. The fraction of sp³-hybridized carbons (Fsp3) is 0.417. The third-order valence-electron chi connectivity index (χ3n) is 3.04. The fourth-order valence-corrected chi connectivity index (χ4v) is 1.94. The summed E-state index contributed by atoms with van der Waals surface area (Å²) in [5, 5.41) is 0. The predicted octanol–water partition coefficient (Wildman–Crippen LogP) is 1.70. The molecule has 2 N–H and O–H groups in total. The third kappa shape index (κ3) is 1.71. The van der Waals surface area contributed by atoms with Crippen LogP contribution in [0.2, 0.25) is 0 Å². The standard InChI is InChI=1S/C12H17N3O/c1-3-14(2)12(16)15-7-6-9-4-5-10(13)8-11(9)15/h4-5,8H,3,6-7,13H2,1-2H3. The van der Waals surface area contributed by atoms with Gasteiger partial charge in [0.1, 0.15) is 0 Å². The quantitative estimate of drug-likeness (QED) is 0.731. The second kappa shape index (κ2) is 4.04. The first-order valence-electron chi connectivity index (χ1n) is 5.54. The van der Waals surface area contributed by atoms with Crippen LogP contribution in [0, 0.1) is 0 Å². The molecule has 0 saturated heterocycles. The summed E-state index contributed by atoms with van der Waals surface area (Å²) in [4.78, 5) is 15.6. The Morgan fingerprint density at radius 2 is 2.31 bits per heavy atom. The summed E-state index contributed by atoms with van der Waals surface area (Å²) in [6, 6.07) is 5.82. The molecule has 0 aromatic heterocycles. The Labute approximate surface area is 95.6 Å². The first kappa shape index (κ1) is 10.8. The van der Waals surface area contributed by atoms with E-state index in [4.69, 9.17) is 5.73 Å². The molecule has 16 heavy (non-hydrogen) atoms. The van der Waals surface area contributed by atoms with Gasteiger partial charge in [-0.15, -0.1) is 0 Å². The van der Waals surface area contributed by atoms with E-state index in [1.54, 1.807) is 9.80 Å². The van der Waals surface area contributed by atoms with Crippen LogP contribution in [0.15, 0.2) is 18.2 Å². The minimum atomic E-state index is 0.0480. The van der Waals surface area contributed by atoms with E-state index in [-0.39, 0.29) is 6.03 Å². The molecule has 0 spiro atoms. The molecular formula is C12H17N3O. The van der Waals surface area contributed by atoms with Crippen LogP contribution in [-0.2, 0) is 6.42 Å². The Balaban J connectivity index is 2.29. The maximum absolute atomic E-state index is 12.1. The van der Waals surface area contributed by atoms with E-state index < -0.39 is 0 Å². The van der Waals surface area contributed by atoms with Crippen LogP contribution in [0.1, 0.15) is 12.5 Å². The van der Waals surface area contributed by atoms with Crippen molar-refractivity contribution >= 4 is 17.4 Å². The third-order valence-corrected chi connectivity index (χ3v) is 3.04. The van der Waals surface area contributed by atoms with Crippen LogP contribution >= 0.6 is 0 Å². The van der Waals surface area contributed by atoms with Crippen molar-refractivity contribution in [2.24, 2.45) is 0 Å². The molecule has 2 rings (SSSR count). The molecule has 0 bridgehead atoms. The number of urea groups is 1. The van der Waals surface area contributed by atoms with Crippen molar-refractivity contribution in [3.63, 3.8) is 0 Å². The number of nitrogens with two attached hydrogens (primary N) is 1. The molecule has 86 valence electrons. The highest BCUT2D eigenvalue weighted by Gasteiger charge is 2.26. The lowest BCUT2D eigenvalue weighted by molar-refractivity contribution is 0.218. The molecule has 1 aromatic rings. The lowest BCUT2D eigenvalue weighted by Gasteiger charge is -2.24. The van der Waals surface area contributed by atoms with Gasteiger partial charge in [0.2, 0.25) is 0 Å². The second-order valence-electron chi connectivity index (χ2n) is 4.09. The van der Waals surface area contributed by atoms with Crippen LogP contribution in [0.4, 0.5) is 16.2 Å². The monoisotopic (exact) mass is 219 g/mol. The summed E-state index contributed by atoms with van der Waals surface area (Å²) in [5.74, 6) is 0. The molecule has 1 aliphatic rings. The van der Waals surface area contributed by atoms with Crippen molar-refractivity contribution in [1.29, 1.82) is 0 Å². The molecule has 4 heteroatoms. The number of amides is 2. The maximum atomic E-state index is 12.1. The van der Waals surface area contributed by atoms with Gasteiger partial charge in [-0.05, 0) is 31.0 Å². The van der Waals surface area contributed by atoms with E-state index in [1.165, 1.54) is 5.56 Å². The Hall–Kier alpha value is -1.71. The SMILES string of the molecule is CCN(C)C(=O)N1CCc2ccc(N)cc21. The molecule has 1 aromatic carbocycles. The maximum Gasteiger partial charge on any atom is 0.324 e. The van der Waals surface area contributed by atoms with Crippen molar-refractivity contribution in [2.75, 3.05) is 30.8 Å². The Bertz CT molecular complexity index is 417. The molecule has 0 radical (unpaired) electrons. The average molecular weight is 219 g/mol. The zero-order valence-electron chi connectivity index (χ0n) is 9.73. The van der Waals surface area contributed by atoms with Crippen molar-refractivity contribution in [1.82, 2.24) is 4.90 Å². The molecule has 0 saturated carbocycles. The zero-order valence-corrected chi connectivity index (χ0v) is 9.73. The van der Waals surface area contributed by atoms with E-state index in [1.807, 2.05) is 32.2 Å². The molecule has 1 aliphatic heterocycles. The van der Waals surface area contributed by atoms with Crippen molar-refractivity contribution in [3.05, 3.63) is 23.8 Å². The average Bonchev–Trinajstić information content (AvgIpc) is 2.69. The van der Waals surface area contributed by atoms with Gasteiger partial charge in [0.25, 0.3) is 0 Å². The molecule has 0 atom stereocenters. The highest BCUT2D eigenvalue weighted by molar-refractivity contribution is 5.94. The number of rotatable bonds is 1. The van der Waals surface area contributed by atoms with Crippen molar-refractivity contribution in [3.8, 4) is 0 Å². The van der Waals surface area contributed by atoms with Gasteiger partial charge >= 0.3 is 6.03 Å². The summed E-state index contributed by atoms with van der Waals surface area (Å²) < 4.78 is 0. The van der Waals surface area contributed by atoms with Crippen LogP contribution < -0.4 is 10.6 Å². The summed E-state index contributed by atoms with van der Waals surface area (Å²) in [6.45, 7) is 3.43. The Kier molecular flexibility index (Phi) is 2.73. The van der Waals surface area contributed by atoms with E-state index in [2.05, 4.69) is 0 Å². The van der Waals surface area contributed by atoms with Crippen LogP contribution in [-0.4, -0.2) is 31.1 Å². The number of benzene rings is 1. The van der Waals surface area contributed by atoms with Crippen LogP contribution in [0.3, 0.4) is 0 Å². The van der Waals surface area contributed by atoms with E-state index >= 15 is 0 Å². The normalized spacial score (nSPS) is 13.8. The predicted molar refractivity (Wildman–Crippen MR) is 65.6 cm³/mol. The highest BCUT2D eigenvalue weighted by Crippen LogP contribution is 2.30. The van der Waals surface area contributed by atoms with Gasteiger partial charge in [0, 0.05) is 25.8 Å². The summed E-state index contributed by atoms with van der Waals surface area (Å²) in [7, 11) is 1.81. The van der Waals surface area contributed by atoms with Gasteiger partial charge in [-0.1, -0.05) is 6.07 Å². The first-order chi connectivity index (χ1) is 7.63. The number of fused-ring (bicyclic) bond motifs is 1. The van der Waals surface area contributed by atoms with Gasteiger partial charge in [-0.2, -0.15) is 0 Å². The van der Waals surface area contributed by atoms with Crippen LogP contribution in [0.5, 0.6) is 0 Å². The molecule has 0 unspecified atom stereocenters. The summed E-state index contributed by atoms with van der Waals surface area (Å²) in [5.41, 5.74) is 8.62. The number of nitrogen functional groups attached to an aromatic ring is 1. The van der Waals surface area contributed by atoms with Gasteiger partial charge in [-0.3, -0.25) is 4.90 Å². The number of hydrogen-bond acceptors (Lipinski definition) is 2. The number of nitrogens with zero attached hydrogens (tertiary/aromatic N) is 2. The lowest BCUT2D eigenvalue weighted by Crippen LogP contribution is -2.40.